The zero-order chi connectivity index (χ0) is 24.8. The van der Waals surface area contributed by atoms with Crippen molar-refractivity contribution in [2.45, 2.75) is 111 Å². The Bertz CT molecular complexity index is 635. The van der Waals surface area contributed by atoms with Crippen LogP contribution in [-0.2, 0) is 18.8 Å². The molecule has 0 aromatic carbocycles. The summed E-state index contributed by atoms with van der Waals surface area (Å²) in [6.45, 7) is 24.7. The van der Waals surface area contributed by atoms with E-state index in [1.165, 1.54) is 0 Å². The van der Waals surface area contributed by atoms with E-state index in [-0.39, 0.29) is 41.4 Å². The van der Waals surface area contributed by atoms with Crippen LogP contribution in [0.25, 0.3) is 0 Å². The molecule has 0 aromatic rings. The highest BCUT2D eigenvalue weighted by atomic mass is 28.4. The molecule has 0 saturated carbocycles. The summed E-state index contributed by atoms with van der Waals surface area (Å²) in [5, 5.41) is 2.45. The minimum Gasteiger partial charge on any atom is -0.518 e. The van der Waals surface area contributed by atoms with E-state index in [1.54, 1.807) is 0 Å². The van der Waals surface area contributed by atoms with Crippen molar-refractivity contribution < 1.29 is 23.5 Å². The second-order valence-electron chi connectivity index (χ2n) is 11.8. The van der Waals surface area contributed by atoms with Crippen LogP contribution in [0.4, 0.5) is 4.79 Å². The molecule has 0 rings (SSSR count). The molecule has 182 valence electrons. The smallest absolute Gasteiger partial charge is 0.407 e. The topological polar surface area (TPSA) is 93.7 Å². The van der Waals surface area contributed by atoms with Gasteiger partial charge in [-0.2, -0.15) is 0 Å². The van der Waals surface area contributed by atoms with E-state index < -0.39 is 34.7 Å². The van der Waals surface area contributed by atoms with E-state index in [2.05, 4.69) is 44.2 Å². The highest BCUT2D eigenvalue weighted by Gasteiger charge is 2.42. The minimum atomic E-state index is -2.37. The normalized spacial score (nSPS) is 14.1. The van der Waals surface area contributed by atoms with Gasteiger partial charge in [0.05, 0.1) is 6.61 Å². The maximum atomic E-state index is 13.0. The molecule has 0 radical (unpaired) electrons. The van der Waals surface area contributed by atoms with Gasteiger partial charge < -0.3 is 19.5 Å². The third-order valence-electron chi connectivity index (χ3n) is 6.27. The predicted molar refractivity (Wildman–Crippen MR) is 131 cm³/mol. The Balaban J connectivity index is 5.30. The number of hydrogen-bond acceptors (Lipinski definition) is 5. The lowest BCUT2D eigenvalue weighted by molar-refractivity contribution is -0.138. The van der Waals surface area contributed by atoms with Crippen LogP contribution in [0.15, 0.2) is 0 Å². The number of hydrogen-bond donors (Lipinski definition) is 2. The molecular weight excluding hydrogens is 428 g/mol. The van der Waals surface area contributed by atoms with Crippen molar-refractivity contribution in [2.75, 3.05) is 6.61 Å². The summed E-state index contributed by atoms with van der Waals surface area (Å²) in [6, 6.07) is -0.932. The first-order valence-electron chi connectivity index (χ1n) is 11.2. The Morgan fingerprint density at radius 1 is 0.903 bits per heavy atom. The quantitative estimate of drug-likeness (QED) is 0.449. The van der Waals surface area contributed by atoms with Gasteiger partial charge in [-0.3, -0.25) is 9.59 Å². The molecule has 1 atom stereocenters. The molecule has 0 saturated heterocycles. The largest absolute Gasteiger partial charge is 0.518 e. The first kappa shape index (κ1) is 29.6. The van der Waals surface area contributed by atoms with E-state index in [9.17, 15) is 14.4 Å². The molecule has 0 heterocycles. The number of rotatable bonds is 9. The highest BCUT2D eigenvalue weighted by molar-refractivity contribution is 6.79. The molecule has 1 unspecified atom stereocenters. The van der Waals surface area contributed by atoms with Gasteiger partial charge in [0.1, 0.15) is 6.04 Å². The number of carbonyl (C=O) groups is 3. The van der Waals surface area contributed by atoms with Gasteiger partial charge in [0.25, 0.3) is 8.32 Å². The van der Waals surface area contributed by atoms with Crippen LogP contribution in [0.1, 0.15) is 68.2 Å². The second kappa shape index (κ2) is 11.0. The molecule has 0 bridgehead atoms. The lowest BCUT2D eigenvalue weighted by Crippen LogP contribution is -2.55. The summed E-state index contributed by atoms with van der Waals surface area (Å²) in [4.78, 5) is 40.9. The summed E-state index contributed by atoms with van der Waals surface area (Å²) in [5.74, 6) is -0.443. The second-order valence-corrected chi connectivity index (χ2v) is 21.6. The van der Waals surface area contributed by atoms with Crippen LogP contribution in [0.2, 0.25) is 36.3 Å². The van der Waals surface area contributed by atoms with Gasteiger partial charge in [0.15, 0.2) is 8.24 Å². The first-order valence-corrected chi connectivity index (χ1v) is 17.1. The summed E-state index contributed by atoms with van der Waals surface area (Å²) in [7, 11) is -4.38. The average molecular weight is 475 g/mol. The monoisotopic (exact) mass is 474 g/mol. The molecule has 0 spiro atoms. The van der Waals surface area contributed by atoms with Gasteiger partial charge in [-0.15, -0.1) is 0 Å². The van der Waals surface area contributed by atoms with E-state index in [4.69, 9.17) is 9.16 Å². The van der Waals surface area contributed by atoms with Crippen LogP contribution in [-0.4, -0.2) is 47.2 Å². The Labute approximate surface area is 191 Å². The fraction of sp³-hybridized carbons (Fsp3) is 0.864. The van der Waals surface area contributed by atoms with Crippen molar-refractivity contribution in [2.24, 2.45) is 5.92 Å². The van der Waals surface area contributed by atoms with E-state index in [0.717, 1.165) is 0 Å². The summed E-state index contributed by atoms with van der Waals surface area (Å²) in [5.41, 5.74) is 0. The molecule has 0 aliphatic carbocycles. The Morgan fingerprint density at radius 2 is 1.42 bits per heavy atom. The third-order valence-corrected chi connectivity index (χ3v) is 15.3. The van der Waals surface area contributed by atoms with Gasteiger partial charge in [-0.05, 0) is 35.5 Å². The fourth-order valence-electron chi connectivity index (χ4n) is 2.02. The van der Waals surface area contributed by atoms with Gasteiger partial charge in [0.2, 0.25) is 5.91 Å². The molecule has 2 amide bonds. The highest BCUT2D eigenvalue weighted by Crippen LogP contribution is 2.37. The summed E-state index contributed by atoms with van der Waals surface area (Å²) in [6.07, 6.45) is -0.394. The molecule has 0 aliphatic rings. The predicted octanol–water partition coefficient (Wildman–Crippen LogP) is 5.19. The van der Waals surface area contributed by atoms with E-state index in [0.29, 0.717) is 0 Å². The lowest BCUT2D eigenvalue weighted by atomic mass is 10.1. The molecule has 7 nitrogen and oxygen atoms in total. The van der Waals surface area contributed by atoms with Crippen molar-refractivity contribution in [3.63, 3.8) is 0 Å². The molecule has 0 aliphatic heterocycles. The van der Waals surface area contributed by atoms with Crippen molar-refractivity contribution in [3.05, 3.63) is 0 Å². The van der Waals surface area contributed by atoms with Gasteiger partial charge in [-0.1, -0.05) is 68.5 Å². The first-order chi connectivity index (χ1) is 13.7. The molecule has 0 fully saturated rings. The number of ether oxygens (including phenoxy) is 1. The van der Waals surface area contributed by atoms with Crippen molar-refractivity contribution in [1.82, 2.24) is 10.3 Å². The number of amides is 2. The van der Waals surface area contributed by atoms with Crippen LogP contribution in [0.5, 0.6) is 0 Å². The van der Waals surface area contributed by atoms with Crippen molar-refractivity contribution >= 4 is 34.5 Å². The molecule has 31 heavy (non-hydrogen) atoms. The van der Waals surface area contributed by atoms with Crippen LogP contribution in [0, 0.1) is 5.92 Å². The zero-order valence-corrected chi connectivity index (χ0v) is 23.8. The van der Waals surface area contributed by atoms with Crippen LogP contribution < -0.4 is 10.3 Å². The molecule has 2 N–H and O–H groups in total. The Morgan fingerprint density at radius 3 is 1.84 bits per heavy atom. The Kier molecular flexibility index (Phi) is 10.5. The van der Waals surface area contributed by atoms with Crippen LogP contribution >= 0.6 is 0 Å². The summed E-state index contributed by atoms with van der Waals surface area (Å²) < 4.78 is 11.1. The summed E-state index contributed by atoms with van der Waals surface area (Å²) >= 11 is 0. The maximum absolute atomic E-state index is 13.0. The number of nitrogens with one attached hydrogen (secondary N) is 2. The Hall–Kier alpha value is -1.36. The zero-order valence-electron chi connectivity index (χ0n) is 21.8. The third kappa shape index (κ3) is 10.2. The average Bonchev–Trinajstić information content (AvgIpc) is 2.53. The minimum absolute atomic E-state index is 0.00221. The van der Waals surface area contributed by atoms with E-state index in [1.807, 2.05) is 47.7 Å². The molecular formula is C22H46N2O5Si2. The van der Waals surface area contributed by atoms with Crippen molar-refractivity contribution in [3.8, 4) is 0 Å². The van der Waals surface area contributed by atoms with E-state index >= 15 is 0 Å². The lowest BCUT2D eigenvalue weighted by Gasteiger charge is -2.37. The van der Waals surface area contributed by atoms with Gasteiger partial charge >= 0.3 is 12.1 Å². The van der Waals surface area contributed by atoms with Crippen molar-refractivity contribution in [1.29, 1.82) is 0 Å². The fourth-order valence-corrected chi connectivity index (χ4v) is 4.17. The van der Waals surface area contributed by atoms with Gasteiger partial charge in [-0.25, -0.2) is 4.79 Å². The standard InChI is InChI=1S/C22H46N2O5Si2/c1-16(2)15-28-20(27)23-17(19(26)29-31(11,12)22(6,7)8)13-14-18(25)24-30(9,10)21(3,4)5/h16-17H,13-15H2,1-12H3,(H,23,27)(H,24,25). The number of carbonyl (C=O) groups excluding carboxylic acids is 3. The molecule has 0 aromatic heterocycles. The molecule has 9 heteroatoms. The SMILES string of the molecule is CC(C)COC(=O)NC(CCC(=O)N[Si](C)(C)C(C)(C)C)C(=O)O[Si](C)(C)C(C)(C)C. The van der Waals surface area contributed by atoms with Gasteiger partial charge in [0, 0.05) is 6.42 Å². The maximum Gasteiger partial charge on any atom is 0.407 e. The van der Waals surface area contributed by atoms with Crippen LogP contribution in [0.3, 0.4) is 0 Å². The number of alkyl carbamates (subject to hydrolysis) is 1.